The van der Waals surface area contributed by atoms with Crippen LogP contribution in [0.25, 0.3) is 0 Å². The van der Waals surface area contributed by atoms with E-state index in [1.807, 2.05) is 19.1 Å². The molecule has 1 amide bonds. The lowest BCUT2D eigenvalue weighted by molar-refractivity contribution is -0.0418. The highest BCUT2D eigenvalue weighted by Crippen LogP contribution is 2.50. The molecule has 1 aromatic rings. The number of allylic oxidation sites excluding steroid dienone is 5. The second kappa shape index (κ2) is 13.0. The van der Waals surface area contributed by atoms with Crippen LogP contribution in [-0.2, 0) is 10.0 Å². The highest BCUT2D eigenvalue weighted by atomic mass is 35.5. The maximum Gasteiger partial charge on any atom is 0.264 e. The number of anilines is 1. The molecule has 2 aliphatic carbocycles. The summed E-state index contributed by atoms with van der Waals surface area (Å²) in [5.41, 5.74) is 1.25. The average molecular weight is 654 g/mol. The summed E-state index contributed by atoms with van der Waals surface area (Å²) in [5, 5.41) is 21.3. The fourth-order valence-corrected chi connectivity index (χ4v) is 8.76. The molecule has 5 rings (SSSR count). The largest absolute Gasteiger partial charge is 0.490 e. The van der Waals surface area contributed by atoms with E-state index in [9.17, 15) is 23.6 Å². The van der Waals surface area contributed by atoms with Crippen LogP contribution in [0.1, 0.15) is 76.1 Å². The van der Waals surface area contributed by atoms with Gasteiger partial charge in [0.2, 0.25) is 10.0 Å². The predicted octanol–water partition coefficient (Wildman–Crippen LogP) is 6.40. The average Bonchev–Trinajstić information content (AvgIpc) is 3.13. The van der Waals surface area contributed by atoms with Gasteiger partial charge in [0, 0.05) is 29.1 Å². The van der Waals surface area contributed by atoms with E-state index in [0.717, 1.165) is 43.3 Å². The summed E-state index contributed by atoms with van der Waals surface area (Å²) < 4.78 is 35.3. The number of aliphatic hydroxyl groups is 1. The monoisotopic (exact) mass is 653 g/mol. The molecule has 0 unspecified atom stereocenters. The van der Waals surface area contributed by atoms with Crippen LogP contribution in [0.2, 0.25) is 0 Å². The summed E-state index contributed by atoms with van der Waals surface area (Å²) in [6.45, 7) is 11.4. The number of nitrogens with one attached hydrogen (secondary N) is 1. The first-order valence-corrected chi connectivity index (χ1v) is 17.8. The Morgan fingerprint density at radius 2 is 2.11 bits per heavy atom. The van der Waals surface area contributed by atoms with E-state index in [-0.39, 0.29) is 29.7 Å². The molecule has 10 heteroatoms. The van der Waals surface area contributed by atoms with Gasteiger partial charge in [-0.15, -0.1) is 0 Å². The number of rotatable bonds is 2. The fourth-order valence-electron chi connectivity index (χ4n) is 7.34. The maximum absolute atomic E-state index is 13.4. The van der Waals surface area contributed by atoms with Gasteiger partial charge < -0.3 is 14.7 Å². The zero-order valence-electron chi connectivity index (χ0n) is 26.4. The molecule has 2 saturated carbocycles. The highest BCUT2D eigenvalue weighted by molar-refractivity contribution is 7.90. The summed E-state index contributed by atoms with van der Waals surface area (Å²) in [6.07, 6.45) is 12.0. The van der Waals surface area contributed by atoms with Gasteiger partial charge in [-0.2, -0.15) is 5.26 Å². The van der Waals surface area contributed by atoms with Crippen molar-refractivity contribution in [2.45, 2.75) is 76.6 Å². The first-order valence-electron chi connectivity index (χ1n) is 15.9. The molecule has 2 fully saturated rings. The first-order chi connectivity index (χ1) is 21.3. The Morgan fingerprint density at radius 1 is 1.33 bits per heavy atom. The zero-order chi connectivity index (χ0) is 32.6. The number of sulfonamides is 1. The topological polar surface area (TPSA) is 120 Å². The van der Waals surface area contributed by atoms with Crippen molar-refractivity contribution in [2.24, 2.45) is 23.2 Å². The SMILES string of the molecule is C=C1/C(=C\C(Cl)=C/C)CCC[C@]12COc1ccc3cc1N(C[C@@H]1CC[C@H]1[C@@](O)(CC#N)/C=C/C[C@H](C)[C@@H](C)S(=O)(=O)NC3=O)C2. The first kappa shape index (κ1) is 33.3. The molecule has 242 valence electrons. The Morgan fingerprint density at radius 3 is 2.80 bits per heavy atom. The number of nitriles is 1. The summed E-state index contributed by atoms with van der Waals surface area (Å²) in [7, 11) is -4.00. The van der Waals surface area contributed by atoms with Gasteiger partial charge in [0.1, 0.15) is 5.75 Å². The van der Waals surface area contributed by atoms with Gasteiger partial charge in [-0.1, -0.05) is 43.3 Å². The van der Waals surface area contributed by atoms with E-state index in [2.05, 4.69) is 22.3 Å². The van der Waals surface area contributed by atoms with Crippen molar-refractivity contribution in [3.05, 3.63) is 70.8 Å². The van der Waals surface area contributed by atoms with Crippen LogP contribution in [0.5, 0.6) is 5.75 Å². The minimum absolute atomic E-state index is 0.0482. The molecule has 2 N–H and O–H groups in total. The number of carbonyl (C=O) groups excluding carboxylic acids is 1. The normalized spacial score (nSPS) is 35.3. The Hall–Kier alpha value is -3.06. The Labute approximate surface area is 272 Å². The number of hydrogen-bond acceptors (Lipinski definition) is 7. The molecule has 8 nitrogen and oxygen atoms in total. The third-order valence-electron chi connectivity index (χ3n) is 10.6. The summed E-state index contributed by atoms with van der Waals surface area (Å²) in [6, 6.07) is 7.24. The number of halogens is 1. The summed E-state index contributed by atoms with van der Waals surface area (Å²) >= 11 is 6.42. The van der Waals surface area contributed by atoms with Crippen molar-refractivity contribution in [3.8, 4) is 11.8 Å². The van der Waals surface area contributed by atoms with Crippen molar-refractivity contribution in [3.63, 3.8) is 0 Å². The van der Waals surface area contributed by atoms with Crippen molar-refractivity contribution in [1.82, 2.24) is 4.72 Å². The van der Waals surface area contributed by atoms with E-state index in [4.69, 9.17) is 16.3 Å². The third kappa shape index (κ3) is 6.61. The Kier molecular flexibility index (Phi) is 9.61. The van der Waals surface area contributed by atoms with Crippen LogP contribution in [-0.4, -0.2) is 50.0 Å². The summed E-state index contributed by atoms with van der Waals surface area (Å²) in [4.78, 5) is 15.6. The minimum Gasteiger partial charge on any atom is -0.490 e. The number of carbonyl (C=O) groups is 1. The molecule has 1 aromatic carbocycles. The molecule has 0 radical (unpaired) electrons. The van der Waals surface area contributed by atoms with E-state index >= 15 is 0 Å². The zero-order valence-corrected chi connectivity index (χ0v) is 28.0. The highest BCUT2D eigenvalue weighted by Gasteiger charge is 2.48. The molecule has 4 aliphatic rings. The van der Waals surface area contributed by atoms with Crippen LogP contribution < -0.4 is 14.4 Å². The van der Waals surface area contributed by atoms with Crippen LogP contribution in [0.15, 0.2) is 65.3 Å². The van der Waals surface area contributed by atoms with Crippen molar-refractivity contribution < 1.29 is 23.1 Å². The van der Waals surface area contributed by atoms with Crippen molar-refractivity contribution in [2.75, 3.05) is 24.6 Å². The van der Waals surface area contributed by atoms with Gasteiger partial charge in [-0.3, -0.25) is 4.79 Å². The molecule has 45 heavy (non-hydrogen) atoms. The molecule has 2 heterocycles. The van der Waals surface area contributed by atoms with Crippen LogP contribution >= 0.6 is 11.6 Å². The second-order valence-electron chi connectivity index (χ2n) is 13.4. The maximum atomic E-state index is 13.4. The van der Waals surface area contributed by atoms with Crippen LogP contribution in [0.4, 0.5) is 5.69 Å². The quantitative estimate of drug-likeness (QED) is 0.355. The van der Waals surface area contributed by atoms with E-state index < -0.39 is 32.2 Å². The second-order valence-corrected chi connectivity index (χ2v) is 15.8. The van der Waals surface area contributed by atoms with Gasteiger partial charge >= 0.3 is 0 Å². The van der Waals surface area contributed by atoms with Gasteiger partial charge in [0.05, 0.1) is 35.6 Å². The van der Waals surface area contributed by atoms with Gasteiger partial charge in [0.15, 0.2) is 0 Å². The lowest BCUT2D eigenvalue weighted by atomic mass is 9.63. The van der Waals surface area contributed by atoms with Crippen LogP contribution in [0.3, 0.4) is 0 Å². The van der Waals surface area contributed by atoms with E-state index in [1.165, 1.54) is 0 Å². The predicted molar refractivity (Wildman–Crippen MR) is 177 cm³/mol. The number of fused-ring (bicyclic) bond motifs is 2. The van der Waals surface area contributed by atoms with E-state index in [1.54, 1.807) is 44.2 Å². The minimum atomic E-state index is -4.00. The summed E-state index contributed by atoms with van der Waals surface area (Å²) in [5.74, 6) is -0.474. The molecule has 0 saturated heterocycles. The van der Waals surface area contributed by atoms with Crippen molar-refractivity contribution >= 4 is 33.2 Å². The lowest BCUT2D eigenvalue weighted by Gasteiger charge is -2.49. The smallest absolute Gasteiger partial charge is 0.264 e. The van der Waals surface area contributed by atoms with E-state index in [0.29, 0.717) is 42.6 Å². The molecular formula is C35H44ClN3O5S. The number of nitrogens with zero attached hydrogens (tertiary/aromatic N) is 2. The molecule has 6 atom stereocenters. The molecular weight excluding hydrogens is 610 g/mol. The van der Waals surface area contributed by atoms with Crippen LogP contribution in [0, 0.1) is 34.5 Å². The molecule has 0 aromatic heterocycles. The standard InChI is InChI=1S/C35H44ClN3O5S/c1-5-29(36)18-26-9-7-14-34(24(26)3)21-39-20-28-10-12-30(28)35(41,16-17-37)15-6-8-23(2)25(4)45(42,43)38-33(40)27-11-13-32(44-22-34)31(39)19-27/h5-6,11,13,15,18-19,23,25,28,30,41H,3,7-10,12,14,16,20-22H2,1-2,4H3,(H,38,40)/b15-6+,26-18-,29-5+/t23-,25+,28-,30+,34-,35-/m0/s1. The number of amides is 1. The number of benzene rings is 1. The lowest BCUT2D eigenvalue weighted by Crippen LogP contribution is -2.51. The van der Waals surface area contributed by atoms with Crippen molar-refractivity contribution in [1.29, 1.82) is 5.26 Å². The fraction of sp³-hybridized carbons (Fsp3) is 0.543. The molecule has 2 aliphatic heterocycles. The van der Waals surface area contributed by atoms with Gasteiger partial charge in [0.25, 0.3) is 5.91 Å². The Bertz CT molecular complexity index is 1590. The number of ether oxygens (including phenoxy) is 1. The van der Waals surface area contributed by atoms with Gasteiger partial charge in [-0.05, 0) is 106 Å². The Balaban J connectivity index is 1.60. The number of hydrogen-bond donors (Lipinski definition) is 2. The molecule has 1 spiro atoms. The molecule has 2 bridgehead atoms. The third-order valence-corrected chi connectivity index (χ3v) is 12.8. The van der Waals surface area contributed by atoms with Gasteiger partial charge in [-0.25, -0.2) is 13.1 Å².